The van der Waals surface area contributed by atoms with E-state index < -0.39 is 0 Å². The van der Waals surface area contributed by atoms with Crippen LogP contribution in [0.3, 0.4) is 0 Å². The van der Waals surface area contributed by atoms with Crippen LogP contribution in [0.15, 0.2) is 24.3 Å². The van der Waals surface area contributed by atoms with E-state index in [2.05, 4.69) is 25.8 Å². The van der Waals surface area contributed by atoms with Crippen molar-refractivity contribution in [1.82, 2.24) is 4.98 Å². The summed E-state index contributed by atoms with van der Waals surface area (Å²) in [5, 5.41) is 1.69. The fourth-order valence-corrected chi connectivity index (χ4v) is 2.09. The summed E-state index contributed by atoms with van der Waals surface area (Å²) in [6.45, 7) is 7.01. The highest BCUT2D eigenvalue weighted by molar-refractivity contribution is 6.35. The highest BCUT2D eigenvalue weighted by atomic mass is 35.5. The van der Waals surface area contributed by atoms with Crippen LogP contribution in [-0.2, 0) is 0 Å². The van der Waals surface area contributed by atoms with Gasteiger partial charge in [0, 0.05) is 11.1 Å². The standard InChI is InChI=1S/C15H18ClNO/c1-4-8-18-14-7-5-6-11-12(16)9-13(10(2)3)17-15(11)14/h5-7,9-10H,4,8H2,1-3H3. The largest absolute Gasteiger partial charge is 0.491 e. The minimum Gasteiger partial charge on any atom is -0.491 e. The summed E-state index contributed by atoms with van der Waals surface area (Å²) >= 11 is 6.32. The van der Waals surface area contributed by atoms with Crippen LogP contribution in [0.2, 0.25) is 5.02 Å². The minimum atomic E-state index is 0.353. The van der Waals surface area contributed by atoms with Gasteiger partial charge in [-0.15, -0.1) is 0 Å². The van der Waals surface area contributed by atoms with E-state index in [-0.39, 0.29) is 0 Å². The molecule has 2 nitrogen and oxygen atoms in total. The van der Waals surface area contributed by atoms with Crippen molar-refractivity contribution >= 4 is 22.5 Å². The summed E-state index contributed by atoms with van der Waals surface area (Å²) in [4.78, 5) is 4.68. The molecule has 96 valence electrons. The predicted molar refractivity (Wildman–Crippen MR) is 76.6 cm³/mol. The number of pyridine rings is 1. The molecular formula is C15H18ClNO. The molecule has 0 saturated heterocycles. The Bertz CT molecular complexity index is 551. The normalized spacial score (nSPS) is 11.2. The van der Waals surface area contributed by atoms with Crippen molar-refractivity contribution in [1.29, 1.82) is 0 Å². The number of hydrogen-bond acceptors (Lipinski definition) is 2. The van der Waals surface area contributed by atoms with Gasteiger partial charge in [-0.05, 0) is 24.5 Å². The van der Waals surface area contributed by atoms with Gasteiger partial charge in [-0.25, -0.2) is 4.98 Å². The van der Waals surface area contributed by atoms with E-state index in [0.29, 0.717) is 12.5 Å². The number of ether oxygens (including phenoxy) is 1. The van der Waals surface area contributed by atoms with Gasteiger partial charge in [0.1, 0.15) is 11.3 Å². The number of rotatable bonds is 4. The van der Waals surface area contributed by atoms with Crippen LogP contribution in [0.1, 0.15) is 38.8 Å². The van der Waals surface area contributed by atoms with Crippen molar-refractivity contribution in [3.05, 3.63) is 35.0 Å². The third-order valence-electron chi connectivity index (χ3n) is 2.83. The van der Waals surface area contributed by atoms with E-state index in [4.69, 9.17) is 16.3 Å². The first-order chi connectivity index (χ1) is 8.63. The Kier molecular flexibility index (Phi) is 4.07. The Balaban J connectivity index is 2.58. The van der Waals surface area contributed by atoms with Gasteiger partial charge in [0.15, 0.2) is 0 Å². The number of aromatic nitrogens is 1. The lowest BCUT2D eigenvalue weighted by Gasteiger charge is -2.12. The first-order valence-electron chi connectivity index (χ1n) is 6.35. The summed E-state index contributed by atoms with van der Waals surface area (Å²) in [7, 11) is 0. The highest BCUT2D eigenvalue weighted by Gasteiger charge is 2.10. The summed E-state index contributed by atoms with van der Waals surface area (Å²) in [6.07, 6.45) is 0.980. The average molecular weight is 264 g/mol. The van der Waals surface area contributed by atoms with E-state index in [1.54, 1.807) is 0 Å². The lowest BCUT2D eigenvalue weighted by atomic mass is 10.1. The van der Waals surface area contributed by atoms with Crippen LogP contribution < -0.4 is 4.74 Å². The molecule has 0 spiro atoms. The van der Waals surface area contributed by atoms with Crippen molar-refractivity contribution in [2.24, 2.45) is 0 Å². The fraction of sp³-hybridized carbons (Fsp3) is 0.400. The summed E-state index contributed by atoms with van der Waals surface area (Å²) in [5.41, 5.74) is 1.86. The lowest BCUT2D eigenvalue weighted by Crippen LogP contribution is -1.99. The number of halogens is 1. The molecule has 1 aromatic heterocycles. The van der Waals surface area contributed by atoms with Gasteiger partial charge in [-0.1, -0.05) is 44.5 Å². The average Bonchev–Trinajstić information content (AvgIpc) is 2.36. The van der Waals surface area contributed by atoms with Gasteiger partial charge in [0.2, 0.25) is 0 Å². The third-order valence-corrected chi connectivity index (χ3v) is 3.14. The second kappa shape index (κ2) is 5.57. The Morgan fingerprint density at radius 2 is 2.11 bits per heavy atom. The molecule has 0 aliphatic rings. The first kappa shape index (κ1) is 13.2. The second-order valence-corrected chi connectivity index (χ2v) is 5.09. The molecule has 18 heavy (non-hydrogen) atoms. The molecular weight excluding hydrogens is 246 g/mol. The van der Waals surface area contributed by atoms with Gasteiger partial charge >= 0.3 is 0 Å². The maximum Gasteiger partial charge on any atom is 0.145 e. The van der Waals surface area contributed by atoms with E-state index >= 15 is 0 Å². The van der Waals surface area contributed by atoms with E-state index in [1.807, 2.05) is 24.3 Å². The maximum absolute atomic E-state index is 6.32. The molecule has 0 unspecified atom stereocenters. The molecule has 0 saturated carbocycles. The molecule has 3 heteroatoms. The molecule has 1 aromatic carbocycles. The molecule has 0 aliphatic carbocycles. The van der Waals surface area contributed by atoms with Crippen molar-refractivity contribution < 1.29 is 4.74 Å². The molecule has 0 N–H and O–H groups in total. The molecule has 2 rings (SSSR count). The van der Waals surface area contributed by atoms with Crippen LogP contribution in [0.5, 0.6) is 5.75 Å². The highest BCUT2D eigenvalue weighted by Crippen LogP contribution is 2.31. The molecule has 2 aromatic rings. The SMILES string of the molecule is CCCOc1cccc2c(Cl)cc(C(C)C)nc12. The fourth-order valence-electron chi connectivity index (χ4n) is 1.82. The number of hydrogen-bond donors (Lipinski definition) is 0. The van der Waals surface area contributed by atoms with E-state index in [0.717, 1.165) is 33.8 Å². The minimum absolute atomic E-state index is 0.353. The molecule has 0 amide bonds. The molecule has 0 radical (unpaired) electrons. The topological polar surface area (TPSA) is 22.1 Å². The summed E-state index contributed by atoms with van der Waals surface area (Å²) < 4.78 is 5.74. The second-order valence-electron chi connectivity index (χ2n) is 4.68. The quantitative estimate of drug-likeness (QED) is 0.790. The molecule has 0 atom stereocenters. The van der Waals surface area contributed by atoms with Crippen molar-refractivity contribution in [2.75, 3.05) is 6.61 Å². The van der Waals surface area contributed by atoms with Crippen LogP contribution in [0.25, 0.3) is 10.9 Å². The lowest BCUT2D eigenvalue weighted by molar-refractivity contribution is 0.320. The number of nitrogens with zero attached hydrogens (tertiary/aromatic N) is 1. The van der Waals surface area contributed by atoms with Crippen LogP contribution in [0, 0.1) is 0 Å². The predicted octanol–water partition coefficient (Wildman–Crippen LogP) is 4.80. The zero-order chi connectivity index (χ0) is 13.1. The Hall–Kier alpha value is -1.28. The smallest absolute Gasteiger partial charge is 0.145 e. The van der Waals surface area contributed by atoms with E-state index in [1.165, 1.54) is 0 Å². The van der Waals surface area contributed by atoms with Gasteiger partial charge < -0.3 is 4.74 Å². The Labute approximate surface area is 113 Å². The maximum atomic E-state index is 6.32. The summed E-state index contributed by atoms with van der Waals surface area (Å²) in [6, 6.07) is 7.83. The molecule has 0 aliphatic heterocycles. The molecule has 0 fully saturated rings. The number of para-hydroxylation sites is 1. The molecule has 0 bridgehead atoms. The Morgan fingerprint density at radius 1 is 1.33 bits per heavy atom. The zero-order valence-electron chi connectivity index (χ0n) is 11.0. The van der Waals surface area contributed by atoms with Gasteiger partial charge in [0.25, 0.3) is 0 Å². The van der Waals surface area contributed by atoms with Gasteiger partial charge in [-0.2, -0.15) is 0 Å². The number of fused-ring (bicyclic) bond motifs is 1. The van der Waals surface area contributed by atoms with Crippen LogP contribution in [-0.4, -0.2) is 11.6 Å². The van der Waals surface area contributed by atoms with Crippen molar-refractivity contribution in [3.8, 4) is 5.75 Å². The first-order valence-corrected chi connectivity index (χ1v) is 6.73. The van der Waals surface area contributed by atoms with E-state index in [9.17, 15) is 0 Å². The van der Waals surface area contributed by atoms with Crippen LogP contribution >= 0.6 is 11.6 Å². The molecule has 1 heterocycles. The monoisotopic (exact) mass is 263 g/mol. The van der Waals surface area contributed by atoms with Gasteiger partial charge in [-0.3, -0.25) is 0 Å². The van der Waals surface area contributed by atoms with Crippen LogP contribution in [0.4, 0.5) is 0 Å². The Morgan fingerprint density at radius 3 is 2.78 bits per heavy atom. The number of benzene rings is 1. The van der Waals surface area contributed by atoms with Crippen molar-refractivity contribution in [3.63, 3.8) is 0 Å². The summed E-state index contributed by atoms with van der Waals surface area (Å²) in [5.74, 6) is 1.17. The zero-order valence-corrected chi connectivity index (χ0v) is 11.8. The van der Waals surface area contributed by atoms with Crippen molar-refractivity contribution in [2.45, 2.75) is 33.1 Å². The van der Waals surface area contributed by atoms with Gasteiger partial charge in [0.05, 0.1) is 11.6 Å². The third kappa shape index (κ3) is 2.59.